The van der Waals surface area contributed by atoms with Crippen LogP contribution < -0.4 is 16.8 Å². The molecule has 11 heavy (non-hydrogen) atoms. The Hall–Kier alpha value is -1.10. The number of nitrogens with one attached hydrogen (secondary N) is 1. The van der Waals surface area contributed by atoms with Crippen LogP contribution in [0.1, 0.15) is 13.3 Å². The van der Waals surface area contributed by atoms with Gasteiger partial charge in [0.1, 0.15) is 6.04 Å². The lowest BCUT2D eigenvalue weighted by Crippen LogP contribution is -2.42. The van der Waals surface area contributed by atoms with E-state index in [2.05, 4.69) is 5.32 Å². The fourth-order valence-electron chi connectivity index (χ4n) is 0.516. The lowest BCUT2D eigenvalue weighted by Gasteiger charge is -2.08. The van der Waals surface area contributed by atoms with Gasteiger partial charge in [0.2, 0.25) is 11.8 Å². The molecule has 5 heteroatoms. The highest BCUT2D eigenvalue weighted by Gasteiger charge is 2.10. The van der Waals surface area contributed by atoms with Gasteiger partial charge in [0, 0.05) is 13.0 Å². The molecule has 5 nitrogen and oxygen atoms in total. The standard InChI is InChI=1S/C6H13N3O2/c1-4(6(8)11)9-5(10)2-3-7/h4H,2-3,7H2,1H3,(H2,8,11)(H,9,10)/t4-/m1/s1. The quantitative estimate of drug-likeness (QED) is 0.457. The van der Waals surface area contributed by atoms with Crippen molar-refractivity contribution in [3.8, 4) is 0 Å². The van der Waals surface area contributed by atoms with E-state index in [-0.39, 0.29) is 18.9 Å². The second kappa shape index (κ2) is 4.68. The number of carbonyl (C=O) groups excluding carboxylic acids is 2. The minimum absolute atomic E-state index is 0.220. The summed E-state index contributed by atoms with van der Waals surface area (Å²) in [6.45, 7) is 1.80. The molecule has 0 aliphatic rings. The first kappa shape index (κ1) is 9.90. The Labute approximate surface area is 65.1 Å². The van der Waals surface area contributed by atoms with E-state index in [9.17, 15) is 9.59 Å². The first-order valence-electron chi connectivity index (χ1n) is 3.36. The van der Waals surface area contributed by atoms with E-state index in [1.54, 1.807) is 0 Å². The molecule has 0 radical (unpaired) electrons. The van der Waals surface area contributed by atoms with Crippen LogP contribution in [0.5, 0.6) is 0 Å². The van der Waals surface area contributed by atoms with Crippen LogP contribution in [0.3, 0.4) is 0 Å². The third kappa shape index (κ3) is 4.32. The summed E-state index contributed by atoms with van der Waals surface area (Å²) in [5.74, 6) is -0.797. The third-order valence-electron chi connectivity index (χ3n) is 1.18. The van der Waals surface area contributed by atoms with Gasteiger partial charge >= 0.3 is 0 Å². The molecule has 0 unspecified atom stereocenters. The molecule has 0 aromatic carbocycles. The maximum atomic E-state index is 10.8. The zero-order valence-electron chi connectivity index (χ0n) is 6.46. The Morgan fingerprint density at radius 2 is 2.09 bits per heavy atom. The number of nitrogens with two attached hydrogens (primary N) is 2. The van der Waals surface area contributed by atoms with Gasteiger partial charge in [-0.1, -0.05) is 0 Å². The Morgan fingerprint density at radius 3 is 2.45 bits per heavy atom. The number of hydrogen-bond acceptors (Lipinski definition) is 3. The highest BCUT2D eigenvalue weighted by atomic mass is 16.2. The van der Waals surface area contributed by atoms with Gasteiger partial charge in [-0.2, -0.15) is 0 Å². The van der Waals surface area contributed by atoms with E-state index in [0.717, 1.165) is 0 Å². The maximum Gasteiger partial charge on any atom is 0.239 e. The summed E-state index contributed by atoms with van der Waals surface area (Å²) in [4.78, 5) is 21.2. The number of hydrogen-bond donors (Lipinski definition) is 3. The molecule has 0 aliphatic carbocycles. The number of carbonyl (C=O) groups is 2. The zero-order valence-corrected chi connectivity index (χ0v) is 6.46. The van der Waals surface area contributed by atoms with Crippen molar-refractivity contribution in [2.45, 2.75) is 19.4 Å². The molecule has 0 aromatic rings. The van der Waals surface area contributed by atoms with E-state index in [1.807, 2.05) is 0 Å². The van der Waals surface area contributed by atoms with Crippen LogP contribution in [-0.4, -0.2) is 24.4 Å². The topological polar surface area (TPSA) is 98.2 Å². The molecule has 2 amide bonds. The average molecular weight is 159 g/mol. The Bertz CT molecular complexity index is 158. The molecule has 0 saturated heterocycles. The SMILES string of the molecule is C[C@@H](NC(=O)CCN)C(N)=O. The molecule has 0 bridgehead atoms. The predicted octanol–water partition coefficient (Wildman–Crippen LogP) is -1.67. The number of amides is 2. The van der Waals surface area contributed by atoms with Gasteiger partial charge in [0.25, 0.3) is 0 Å². The molecule has 0 spiro atoms. The van der Waals surface area contributed by atoms with Crippen molar-refractivity contribution in [1.29, 1.82) is 0 Å². The van der Waals surface area contributed by atoms with Crippen molar-refractivity contribution in [1.82, 2.24) is 5.32 Å². The van der Waals surface area contributed by atoms with E-state index >= 15 is 0 Å². The van der Waals surface area contributed by atoms with Crippen LogP contribution in [0.4, 0.5) is 0 Å². The molecule has 64 valence electrons. The van der Waals surface area contributed by atoms with Gasteiger partial charge in [-0.3, -0.25) is 9.59 Å². The van der Waals surface area contributed by atoms with Crippen LogP contribution in [0.25, 0.3) is 0 Å². The minimum atomic E-state index is -0.617. The van der Waals surface area contributed by atoms with E-state index in [4.69, 9.17) is 11.5 Å². The van der Waals surface area contributed by atoms with Gasteiger partial charge < -0.3 is 16.8 Å². The van der Waals surface area contributed by atoms with Crippen molar-refractivity contribution in [3.05, 3.63) is 0 Å². The van der Waals surface area contributed by atoms with Crippen LogP contribution >= 0.6 is 0 Å². The maximum absolute atomic E-state index is 10.8. The van der Waals surface area contributed by atoms with Crippen molar-refractivity contribution >= 4 is 11.8 Å². The fraction of sp³-hybridized carbons (Fsp3) is 0.667. The summed E-state index contributed by atoms with van der Waals surface area (Å²) >= 11 is 0. The van der Waals surface area contributed by atoms with Gasteiger partial charge in [-0.25, -0.2) is 0 Å². The smallest absolute Gasteiger partial charge is 0.239 e. The molecule has 0 fully saturated rings. The average Bonchev–Trinajstić information content (AvgIpc) is 1.87. The largest absolute Gasteiger partial charge is 0.368 e. The fourth-order valence-corrected chi connectivity index (χ4v) is 0.516. The summed E-state index contributed by atoms with van der Waals surface area (Å²) < 4.78 is 0. The highest BCUT2D eigenvalue weighted by Crippen LogP contribution is 1.81. The summed E-state index contributed by atoms with van der Waals surface area (Å²) in [6.07, 6.45) is 0.220. The Morgan fingerprint density at radius 1 is 1.55 bits per heavy atom. The minimum Gasteiger partial charge on any atom is -0.368 e. The Kier molecular flexibility index (Phi) is 4.21. The summed E-state index contributed by atoms with van der Waals surface area (Å²) in [6, 6.07) is -0.617. The number of rotatable bonds is 4. The molecule has 5 N–H and O–H groups in total. The van der Waals surface area contributed by atoms with E-state index in [0.29, 0.717) is 0 Å². The van der Waals surface area contributed by atoms with Crippen LogP contribution in [0.15, 0.2) is 0 Å². The molecule has 0 aliphatic heterocycles. The lowest BCUT2D eigenvalue weighted by molar-refractivity contribution is -0.126. The zero-order chi connectivity index (χ0) is 8.85. The van der Waals surface area contributed by atoms with Gasteiger partial charge in [0.05, 0.1) is 0 Å². The van der Waals surface area contributed by atoms with Crippen molar-refractivity contribution in [2.75, 3.05) is 6.54 Å². The molecule has 0 rings (SSSR count). The normalized spacial score (nSPS) is 12.2. The predicted molar refractivity (Wildman–Crippen MR) is 40.5 cm³/mol. The summed E-state index contributed by atoms with van der Waals surface area (Å²) in [7, 11) is 0. The second-order valence-corrected chi connectivity index (χ2v) is 2.23. The van der Waals surface area contributed by atoms with Gasteiger partial charge in [0.15, 0.2) is 0 Å². The molecular weight excluding hydrogens is 146 g/mol. The Balaban J connectivity index is 3.66. The molecular formula is C6H13N3O2. The molecule has 1 atom stereocenters. The molecule has 0 aromatic heterocycles. The highest BCUT2D eigenvalue weighted by molar-refractivity contribution is 5.86. The van der Waals surface area contributed by atoms with Crippen molar-refractivity contribution < 1.29 is 9.59 Å². The van der Waals surface area contributed by atoms with Gasteiger partial charge in [-0.05, 0) is 6.92 Å². The van der Waals surface area contributed by atoms with Crippen molar-refractivity contribution in [3.63, 3.8) is 0 Å². The van der Waals surface area contributed by atoms with Crippen LogP contribution in [-0.2, 0) is 9.59 Å². The molecule has 0 heterocycles. The van der Waals surface area contributed by atoms with E-state index in [1.165, 1.54) is 6.92 Å². The van der Waals surface area contributed by atoms with Gasteiger partial charge in [-0.15, -0.1) is 0 Å². The summed E-state index contributed by atoms with van der Waals surface area (Å²) in [5, 5.41) is 2.39. The molecule has 0 saturated carbocycles. The monoisotopic (exact) mass is 159 g/mol. The second-order valence-electron chi connectivity index (χ2n) is 2.23. The summed E-state index contributed by atoms with van der Waals surface area (Å²) in [5.41, 5.74) is 10.00. The first-order valence-corrected chi connectivity index (χ1v) is 3.36. The third-order valence-corrected chi connectivity index (χ3v) is 1.18. The van der Waals surface area contributed by atoms with Crippen LogP contribution in [0, 0.1) is 0 Å². The lowest BCUT2D eigenvalue weighted by atomic mass is 10.3. The van der Waals surface area contributed by atoms with E-state index < -0.39 is 11.9 Å². The number of primary amides is 1. The van der Waals surface area contributed by atoms with Crippen molar-refractivity contribution in [2.24, 2.45) is 11.5 Å². The van der Waals surface area contributed by atoms with Crippen LogP contribution in [0.2, 0.25) is 0 Å². The first-order chi connectivity index (χ1) is 5.07.